The predicted octanol–water partition coefficient (Wildman–Crippen LogP) is 4.23. The molecule has 0 aliphatic heterocycles. The number of carboxylic acid groups (broad SMARTS) is 1. The van der Waals surface area contributed by atoms with Gasteiger partial charge in [-0.05, 0) is 30.3 Å². The molecule has 9 heteroatoms. The first-order chi connectivity index (χ1) is 16.4. The standard InChI is InChI=1S/C25H23N3O6/c1-28(16-11-21(32-2)23(34-4)22(12-16)33-3)24(29)20-13-19-18(27-20)9-8-17(26-19)14-6-5-7-15(10-14)25(30)31/h5-13,27H,1-4H3,(H,30,31). The highest BCUT2D eigenvalue weighted by molar-refractivity contribution is 6.07. The molecule has 2 aromatic carbocycles. The van der Waals surface area contributed by atoms with Crippen LogP contribution < -0.4 is 19.1 Å². The summed E-state index contributed by atoms with van der Waals surface area (Å²) in [6.07, 6.45) is 0. The number of fused-ring (bicyclic) bond motifs is 1. The number of H-pyrrole nitrogens is 1. The van der Waals surface area contributed by atoms with Crippen LogP contribution in [0.15, 0.2) is 54.6 Å². The lowest BCUT2D eigenvalue weighted by Crippen LogP contribution is -2.26. The molecule has 0 aliphatic rings. The van der Waals surface area contributed by atoms with Gasteiger partial charge in [-0.3, -0.25) is 4.79 Å². The van der Waals surface area contributed by atoms with Crippen LogP contribution in [0.3, 0.4) is 0 Å². The van der Waals surface area contributed by atoms with Gasteiger partial charge in [0.15, 0.2) is 11.5 Å². The van der Waals surface area contributed by atoms with Gasteiger partial charge in [0.05, 0.1) is 49.3 Å². The van der Waals surface area contributed by atoms with Crippen molar-refractivity contribution < 1.29 is 28.9 Å². The van der Waals surface area contributed by atoms with E-state index in [4.69, 9.17) is 14.2 Å². The topological polar surface area (TPSA) is 114 Å². The molecule has 2 heterocycles. The van der Waals surface area contributed by atoms with Crippen LogP contribution in [0.5, 0.6) is 17.2 Å². The van der Waals surface area contributed by atoms with Crippen LogP contribution in [0.2, 0.25) is 0 Å². The van der Waals surface area contributed by atoms with Crippen molar-refractivity contribution in [2.45, 2.75) is 0 Å². The van der Waals surface area contributed by atoms with E-state index >= 15 is 0 Å². The molecule has 2 aromatic heterocycles. The zero-order chi connectivity index (χ0) is 24.4. The first-order valence-electron chi connectivity index (χ1n) is 10.3. The number of carbonyl (C=O) groups is 2. The summed E-state index contributed by atoms with van der Waals surface area (Å²) < 4.78 is 16.1. The fourth-order valence-corrected chi connectivity index (χ4v) is 3.65. The number of anilines is 1. The first kappa shape index (κ1) is 22.7. The van der Waals surface area contributed by atoms with E-state index in [0.717, 1.165) is 0 Å². The number of aromatic carboxylic acids is 1. The molecule has 0 aliphatic carbocycles. The number of pyridine rings is 1. The van der Waals surface area contributed by atoms with Gasteiger partial charge in [-0.25, -0.2) is 9.78 Å². The molecule has 0 unspecified atom stereocenters. The molecule has 0 spiro atoms. The SMILES string of the molecule is COc1cc(N(C)C(=O)c2cc3nc(-c4cccc(C(=O)O)c4)ccc3[nH]2)cc(OC)c1OC. The molecule has 1 amide bonds. The molecule has 0 fully saturated rings. The summed E-state index contributed by atoms with van der Waals surface area (Å²) in [6.45, 7) is 0. The molecule has 174 valence electrons. The number of nitrogens with zero attached hydrogens (tertiary/aromatic N) is 2. The van der Waals surface area contributed by atoms with E-state index in [9.17, 15) is 14.7 Å². The number of hydrogen-bond acceptors (Lipinski definition) is 6. The quantitative estimate of drug-likeness (QED) is 0.423. The van der Waals surface area contributed by atoms with E-state index in [1.54, 1.807) is 55.6 Å². The number of aromatic nitrogens is 2. The molecule has 0 bridgehead atoms. The van der Waals surface area contributed by atoms with Crippen molar-refractivity contribution in [1.29, 1.82) is 0 Å². The van der Waals surface area contributed by atoms with Crippen molar-refractivity contribution in [3.8, 4) is 28.5 Å². The second-order valence-corrected chi connectivity index (χ2v) is 7.45. The zero-order valence-electron chi connectivity index (χ0n) is 19.1. The third kappa shape index (κ3) is 4.11. The van der Waals surface area contributed by atoms with Gasteiger partial charge in [0.25, 0.3) is 5.91 Å². The van der Waals surface area contributed by atoms with Gasteiger partial charge in [0, 0.05) is 24.7 Å². The minimum absolute atomic E-state index is 0.177. The summed E-state index contributed by atoms with van der Waals surface area (Å²) in [5.74, 6) is 0.00369. The third-order valence-electron chi connectivity index (χ3n) is 5.45. The van der Waals surface area contributed by atoms with Crippen molar-refractivity contribution in [2.24, 2.45) is 0 Å². The first-order valence-corrected chi connectivity index (χ1v) is 10.3. The minimum Gasteiger partial charge on any atom is -0.493 e. The summed E-state index contributed by atoms with van der Waals surface area (Å²) in [5.41, 5.74) is 3.61. The Labute approximate surface area is 195 Å². The van der Waals surface area contributed by atoms with Gasteiger partial charge >= 0.3 is 5.97 Å². The predicted molar refractivity (Wildman–Crippen MR) is 127 cm³/mol. The number of nitrogens with one attached hydrogen (secondary N) is 1. The number of aromatic amines is 1. The fourth-order valence-electron chi connectivity index (χ4n) is 3.65. The maximum atomic E-state index is 13.2. The van der Waals surface area contributed by atoms with Gasteiger partial charge in [0.2, 0.25) is 5.75 Å². The molecular formula is C25H23N3O6. The van der Waals surface area contributed by atoms with Crippen molar-refractivity contribution >= 4 is 28.6 Å². The molecule has 0 saturated heterocycles. The van der Waals surface area contributed by atoms with Gasteiger partial charge in [0.1, 0.15) is 5.69 Å². The lowest BCUT2D eigenvalue weighted by Gasteiger charge is -2.20. The molecule has 0 radical (unpaired) electrons. The Kier molecular flexibility index (Phi) is 6.09. The normalized spacial score (nSPS) is 10.7. The summed E-state index contributed by atoms with van der Waals surface area (Å²) in [4.78, 5) is 33.7. The summed E-state index contributed by atoms with van der Waals surface area (Å²) >= 11 is 0. The van der Waals surface area contributed by atoms with Crippen LogP contribution in [-0.4, -0.2) is 55.3 Å². The van der Waals surface area contributed by atoms with Crippen LogP contribution in [0.1, 0.15) is 20.8 Å². The van der Waals surface area contributed by atoms with Gasteiger partial charge < -0.3 is 29.2 Å². The molecule has 34 heavy (non-hydrogen) atoms. The molecule has 0 saturated carbocycles. The number of rotatable bonds is 7. The van der Waals surface area contributed by atoms with Crippen LogP contribution >= 0.6 is 0 Å². The second-order valence-electron chi connectivity index (χ2n) is 7.45. The van der Waals surface area contributed by atoms with E-state index in [1.165, 1.54) is 32.3 Å². The monoisotopic (exact) mass is 461 g/mol. The number of benzene rings is 2. The molecule has 2 N–H and O–H groups in total. The fraction of sp³-hybridized carbons (Fsp3) is 0.160. The average molecular weight is 461 g/mol. The van der Waals surface area contributed by atoms with Crippen LogP contribution in [0, 0.1) is 0 Å². The molecule has 0 atom stereocenters. The number of ether oxygens (including phenoxy) is 3. The second kappa shape index (κ2) is 9.14. The Morgan fingerprint density at radius 1 is 0.941 bits per heavy atom. The Balaban J connectivity index is 1.67. The maximum Gasteiger partial charge on any atom is 0.335 e. The summed E-state index contributed by atoms with van der Waals surface area (Å²) in [5, 5.41) is 9.24. The van der Waals surface area contributed by atoms with Gasteiger partial charge in [-0.2, -0.15) is 0 Å². The Morgan fingerprint density at radius 3 is 2.26 bits per heavy atom. The minimum atomic E-state index is -1.01. The van der Waals surface area contributed by atoms with Crippen LogP contribution in [0.25, 0.3) is 22.3 Å². The lowest BCUT2D eigenvalue weighted by atomic mass is 10.1. The number of methoxy groups -OCH3 is 3. The van der Waals surface area contributed by atoms with E-state index < -0.39 is 5.97 Å². The number of hydrogen-bond donors (Lipinski definition) is 2. The van der Waals surface area contributed by atoms with E-state index in [1.807, 2.05) is 0 Å². The Bertz CT molecular complexity index is 1370. The van der Waals surface area contributed by atoms with Crippen LogP contribution in [-0.2, 0) is 0 Å². The molecule has 9 nitrogen and oxygen atoms in total. The summed E-state index contributed by atoms with van der Waals surface area (Å²) in [6, 6.07) is 15.2. The van der Waals surface area contributed by atoms with Gasteiger partial charge in [-0.15, -0.1) is 0 Å². The molecule has 4 aromatic rings. The number of amides is 1. The smallest absolute Gasteiger partial charge is 0.335 e. The maximum absolute atomic E-state index is 13.2. The van der Waals surface area contributed by atoms with E-state index in [0.29, 0.717) is 50.9 Å². The van der Waals surface area contributed by atoms with E-state index in [-0.39, 0.29) is 11.5 Å². The molecule has 4 rings (SSSR count). The highest BCUT2D eigenvalue weighted by Gasteiger charge is 2.21. The van der Waals surface area contributed by atoms with Crippen molar-refractivity contribution in [2.75, 3.05) is 33.3 Å². The van der Waals surface area contributed by atoms with Crippen molar-refractivity contribution in [1.82, 2.24) is 9.97 Å². The highest BCUT2D eigenvalue weighted by Crippen LogP contribution is 2.41. The number of carboxylic acids is 1. The van der Waals surface area contributed by atoms with Crippen molar-refractivity contribution in [3.63, 3.8) is 0 Å². The highest BCUT2D eigenvalue weighted by atomic mass is 16.5. The Hall–Kier alpha value is -4.53. The third-order valence-corrected chi connectivity index (χ3v) is 5.45. The zero-order valence-corrected chi connectivity index (χ0v) is 19.1. The van der Waals surface area contributed by atoms with Crippen molar-refractivity contribution in [3.05, 3.63) is 65.9 Å². The van der Waals surface area contributed by atoms with Gasteiger partial charge in [-0.1, -0.05) is 12.1 Å². The lowest BCUT2D eigenvalue weighted by molar-refractivity contribution is 0.0696. The largest absolute Gasteiger partial charge is 0.493 e. The van der Waals surface area contributed by atoms with Crippen LogP contribution in [0.4, 0.5) is 5.69 Å². The Morgan fingerprint density at radius 2 is 1.65 bits per heavy atom. The summed E-state index contributed by atoms with van der Waals surface area (Å²) in [7, 11) is 6.18. The molecular weight excluding hydrogens is 438 g/mol. The number of carbonyl (C=O) groups excluding carboxylic acids is 1. The average Bonchev–Trinajstić information content (AvgIpc) is 3.30. The van der Waals surface area contributed by atoms with E-state index in [2.05, 4.69) is 9.97 Å².